The lowest BCUT2D eigenvalue weighted by Crippen LogP contribution is -2.31. The molecule has 0 aliphatic heterocycles. The molecule has 1 aromatic rings. The van der Waals surface area contributed by atoms with Gasteiger partial charge in [0.15, 0.2) is 0 Å². The summed E-state index contributed by atoms with van der Waals surface area (Å²) in [5.41, 5.74) is 6.43. The van der Waals surface area contributed by atoms with E-state index in [4.69, 9.17) is 72.4 Å². The fourth-order valence-electron chi connectivity index (χ4n) is 3.89. The maximum absolute atomic E-state index is 11.4. The van der Waals surface area contributed by atoms with E-state index in [1.807, 2.05) is 18.2 Å². The Bertz CT molecular complexity index is 997. The Hall–Kier alpha value is -2.76. The molecular weight excluding hydrogens is 732 g/mol. The van der Waals surface area contributed by atoms with E-state index in [9.17, 15) is 9.59 Å². The molecule has 0 radical (unpaired) electrons. The molecule has 0 bridgehead atoms. The van der Waals surface area contributed by atoms with E-state index in [2.05, 4.69) is 10.1 Å². The van der Waals surface area contributed by atoms with Gasteiger partial charge in [0, 0.05) is 6.54 Å². The number of rotatable bonds is 44. The first-order chi connectivity index (χ1) is 27.1. The molecule has 0 fully saturated rings. The molecule has 0 atom stereocenters. The fourth-order valence-corrected chi connectivity index (χ4v) is 3.89. The molecule has 0 heterocycles. The van der Waals surface area contributed by atoms with Gasteiger partial charge in [-0.15, -0.1) is 0 Å². The van der Waals surface area contributed by atoms with Crippen LogP contribution in [0.15, 0.2) is 24.3 Å². The van der Waals surface area contributed by atoms with Crippen molar-refractivity contribution in [3.8, 4) is 5.75 Å². The van der Waals surface area contributed by atoms with Crippen LogP contribution in [0.5, 0.6) is 5.75 Å². The van der Waals surface area contributed by atoms with Gasteiger partial charge in [0.25, 0.3) is 0 Å². The largest absolute Gasteiger partial charge is 0.489 e. The van der Waals surface area contributed by atoms with Crippen molar-refractivity contribution in [2.24, 2.45) is 0 Å². The second-order valence-electron chi connectivity index (χ2n) is 11.0. The van der Waals surface area contributed by atoms with Crippen LogP contribution in [0.4, 0.5) is 5.69 Å². The van der Waals surface area contributed by atoms with Gasteiger partial charge in [-0.1, -0.05) is 12.1 Å². The number of nitrogens with two attached hydrogens (primary N) is 1. The second-order valence-corrected chi connectivity index (χ2v) is 11.0. The Labute approximate surface area is 324 Å². The van der Waals surface area contributed by atoms with E-state index < -0.39 is 18.5 Å². The third-order valence-electron chi connectivity index (χ3n) is 6.52. The number of hydrogen-bond acceptors (Lipinski definition) is 17. The molecule has 0 aliphatic rings. The number of nitrogens with one attached hydrogen (secondary N) is 1. The van der Waals surface area contributed by atoms with Crippen LogP contribution in [-0.4, -0.2) is 202 Å². The number of carboxylic acids is 1. The molecular formula is C36H64N2O17. The zero-order valence-corrected chi connectivity index (χ0v) is 32.2. The molecule has 1 rings (SSSR count). The van der Waals surface area contributed by atoms with Crippen LogP contribution >= 0.6 is 0 Å². The van der Waals surface area contributed by atoms with Gasteiger partial charge >= 0.3 is 5.97 Å². The topological polar surface area (TPSA) is 222 Å². The van der Waals surface area contributed by atoms with Gasteiger partial charge in [0.05, 0.1) is 164 Å². The molecule has 4 N–H and O–H groups in total. The minimum Gasteiger partial charge on any atom is -0.489 e. The lowest BCUT2D eigenvalue weighted by atomic mass is 10.3. The standard InChI is InChI=1S/C36H64N2O17/c37-33-3-1-2-4-34(33)55-30-29-53-28-27-52-26-25-51-24-23-50-22-21-49-20-19-48-18-17-47-16-15-46-14-13-45-12-11-44-10-9-43-8-7-42-6-5-38-35(39)31-54-32-36(40)41/h1-4H,5-32,37H2,(H,38,39)(H,40,41). The van der Waals surface area contributed by atoms with Crippen molar-refractivity contribution in [1.29, 1.82) is 0 Å². The molecule has 1 amide bonds. The number of para-hydroxylation sites is 2. The number of carbonyl (C=O) groups excluding carboxylic acids is 1. The quantitative estimate of drug-likeness (QED) is 0.0587. The van der Waals surface area contributed by atoms with Crippen LogP contribution in [0.25, 0.3) is 0 Å². The maximum Gasteiger partial charge on any atom is 0.329 e. The Morgan fingerprint density at radius 1 is 0.436 bits per heavy atom. The lowest BCUT2D eigenvalue weighted by Gasteiger charge is -2.10. The summed E-state index contributed by atoms with van der Waals surface area (Å²) in [4.78, 5) is 21.7. The van der Waals surface area contributed by atoms with E-state index in [0.29, 0.717) is 183 Å². The molecule has 0 aromatic heterocycles. The van der Waals surface area contributed by atoms with Gasteiger partial charge in [0.2, 0.25) is 5.91 Å². The second kappa shape index (κ2) is 40.9. The van der Waals surface area contributed by atoms with Crippen molar-refractivity contribution in [1.82, 2.24) is 5.32 Å². The Kier molecular flexibility index (Phi) is 37.4. The third-order valence-corrected chi connectivity index (χ3v) is 6.52. The highest BCUT2D eigenvalue weighted by atomic mass is 16.6. The summed E-state index contributed by atoms with van der Waals surface area (Å²) in [6.07, 6.45) is 0. The smallest absolute Gasteiger partial charge is 0.329 e. The monoisotopic (exact) mass is 796 g/mol. The number of aliphatic carboxylic acids is 1. The van der Waals surface area contributed by atoms with Crippen molar-refractivity contribution in [3.05, 3.63) is 24.3 Å². The Balaban J connectivity index is 1.63. The van der Waals surface area contributed by atoms with Crippen molar-refractivity contribution >= 4 is 17.6 Å². The van der Waals surface area contributed by atoms with Crippen LogP contribution < -0.4 is 15.8 Å². The summed E-state index contributed by atoms with van der Waals surface area (Å²) in [6, 6.07) is 7.35. The van der Waals surface area contributed by atoms with E-state index in [1.165, 1.54) is 0 Å². The highest BCUT2D eigenvalue weighted by molar-refractivity contribution is 5.77. The van der Waals surface area contributed by atoms with Crippen molar-refractivity contribution in [2.75, 3.05) is 191 Å². The molecule has 0 saturated heterocycles. The first-order valence-electron chi connectivity index (χ1n) is 18.6. The number of ether oxygens (including phenoxy) is 14. The van der Waals surface area contributed by atoms with Gasteiger partial charge in [0.1, 0.15) is 25.6 Å². The van der Waals surface area contributed by atoms with Gasteiger partial charge in [-0.25, -0.2) is 4.79 Å². The fraction of sp³-hybridized carbons (Fsp3) is 0.778. The molecule has 19 nitrogen and oxygen atoms in total. The number of anilines is 1. The lowest BCUT2D eigenvalue weighted by molar-refractivity contribution is -0.143. The Morgan fingerprint density at radius 3 is 1.07 bits per heavy atom. The molecule has 0 unspecified atom stereocenters. The van der Waals surface area contributed by atoms with E-state index in [0.717, 1.165) is 0 Å². The first-order valence-corrected chi connectivity index (χ1v) is 18.6. The van der Waals surface area contributed by atoms with Crippen molar-refractivity contribution in [2.45, 2.75) is 0 Å². The number of carbonyl (C=O) groups is 2. The number of nitrogen functional groups attached to an aromatic ring is 1. The van der Waals surface area contributed by atoms with Crippen molar-refractivity contribution in [3.63, 3.8) is 0 Å². The molecule has 55 heavy (non-hydrogen) atoms. The minimum absolute atomic E-state index is 0.296. The highest BCUT2D eigenvalue weighted by Gasteiger charge is 2.03. The van der Waals surface area contributed by atoms with Gasteiger partial charge in [-0.2, -0.15) is 0 Å². The molecule has 320 valence electrons. The van der Waals surface area contributed by atoms with Gasteiger partial charge in [-0.05, 0) is 12.1 Å². The normalized spacial score (nSPS) is 11.3. The number of benzene rings is 1. The molecule has 0 aliphatic carbocycles. The third kappa shape index (κ3) is 37.9. The van der Waals surface area contributed by atoms with Crippen LogP contribution in [0.3, 0.4) is 0 Å². The first kappa shape index (κ1) is 50.3. The molecule has 0 saturated carbocycles. The van der Waals surface area contributed by atoms with Gasteiger partial charge in [-0.3, -0.25) is 4.79 Å². The summed E-state index contributed by atoms with van der Waals surface area (Å²) < 4.78 is 75.7. The zero-order chi connectivity index (χ0) is 39.5. The predicted octanol–water partition coefficient (Wildman–Crippen LogP) is 0.0642. The summed E-state index contributed by atoms with van der Waals surface area (Å²) in [5.74, 6) is -0.866. The number of amides is 1. The average molecular weight is 797 g/mol. The summed E-state index contributed by atoms with van der Waals surface area (Å²) >= 11 is 0. The summed E-state index contributed by atoms with van der Waals surface area (Å²) in [5, 5.41) is 11.0. The van der Waals surface area contributed by atoms with E-state index in [1.54, 1.807) is 6.07 Å². The van der Waals surface area contributed by atoms with Crippen LogP contribution in [-0.2, 0) is 71.2 Å². The van der Waals surface area contributed by atoms with E-state index in [-0.39, 0.29) is 6.61 Å². The van der Waals surface area contributed by atoms with Crippen LogP contribution in [0.1, 0.15) is 0 Å². The van der Waals surface area contributed by atoms with Crippen LogP contribution in [0, 0.1) is 0 Å². The minimum atomic E-state index is -1.13. The number of carboxylic acid groups (broad SMARTS) is 1. The zero-order valence-electron chi connectivity index (χ0n) is 32.2. The van der Waals surface area contributed by atoms with E-state index >= 15 is 0 Å². The van der Waals surface area contributed by atoms with Crippen LogP contribution in [0.2, 0.25) is 0 Å². The predicted molar refractivity (Wildman–Crippen MR) is 198 cm³/mol. The molecule has 19 heteroatoms. The molecule has 1 aromatic carbocycles. The molecule has 0 spiro atoms. The highest BCUT2D eigenvalue weighted by Crippen LogP contribution is 2.19. The summed E-state index contributed by atoms with van der Waals surface area (Å²) in [7, 11) is 0. The van der Waals surface area contributed by atoms with Gasteiger partial charge < -0.3 is 82.5 Å². The van der Waals surface area contributed by atoms with Crippen molar-refractivity contribution < 1.29 is 81.0 Å². The SMILES string of the molecule is Nc1ccccc1OCCOCCOCCOCCOCCOCCOCCOCCOCCOCCOCCOCCOCCNC(=O)COCC(=O)O. The average Bonchev–Trinajstić information content (AvgIpc) is 3.17. The Morgan fingerprint density at radius 2 is 0.745 bits per heavy atom. The number of hydrogen-bond donors (Lipinski definition) is 3. The maximum atomic E-state index is 11.4. The summed E-state index contributed by atoms with van der Waals surface area (Å²) in [6.45, 7) is 10.9.